The Morgan fingerprint density at radius 3 is 2.21 bits per heavy atom. The zero-order valence-electron chi connectivity index (χ0n) is 13.9. The van der Waals surface area contributed by atoms with Crippen LogP contribution in [0.2, 0.25) is 0 Å². The molecule has 24 heavy (non-hydrogen) atoms. The first-order chi connectivity index (χ1) is 11.5. The predicted octanol–water partition coefficient (Wildman–Crippen LogP) is 2.56. The van der Waals surface area contributed by atoms with Crippen molar-refractivity contribution < 1.29 is 14.3 Å². The molecule has 1 aromatic heterocycles. The minimum Gasteiger partial charge on any atom is -0.452 e. The summed E-state index contributed by atoms with van der Waals surface area (Å²) in [7, 11) is 0. The molecule has 0 saturated heterocycles. The van der Waals surface area contributed by atoms with Gasteiger partial charge in [0.05, 0.1) is 5.41 Å². The van der Waals surface area contributed by atoms with Crippen LogP contribution in [0.4, 0.5) is 5.95 Å². The number of aromatic nitrogens is 2. The largest absolute Gasteiger partial charge is 0.452 e. The van der Waals surface area contributed by atoms with Gasteiger partial charge in [-0.15, -0.1) is 0 Å². The van der Waals surface area contributed by atoms with Crippen LogP contribution in [-0.4, -0.2) is 27.9 Å². The van der Waals surface area contributed by atoms with Gasteiger partial charge >= 0.3 is 5.97 Å². The van der Waals surface area contributed by atoms with Crippen molar-refractivity contribution in [3.63, 3.8) is 0 Å². The third-order valence-corrected chi connectivity index (χ3v) is 5.93. The number of amides is 1. The van der Waals surface area contributed by atoms with Gasteiger partial charge in [0.15, 0.2) is 6.10 Å². The average Bonchev–Trinajstić information content (AvgIpc) is 2.54. The molecule has 1 amide bonds. The third-order valence-electron chi connectivity index (χ3n) is 5.93. The fourth-order valence-corrected chi connectivity index (χ4v) is 5.28. The summed E-state index contributed by atoms with van der Waals surface area (Å²) in [5.74, 6) is 1.67. The molecule has 6 heteroatoms. The highest BCUT2D eigenvalue weighted by molar-refractivity contribution is 5.94. The normalized spacial score (nSPS) is 34.6. The van der Waals surface area contributed by atoms with E-state index in [-0.39, 0.29) is 23.2 Å². The van der Waals surface area contributed by atoms with Crippen LogP contribution in [0.15, 0.2) is 18.5 Å². The molecule has 1 heterocycles. The molecule has 4 aliphatic rings. The molecule has 0 aromatic carbocycles. The van der Waals surface area contributed by atoms with Gasteiger partial charge < -0.3 is 4.74 Å². The molecule has 128 valence electrons. The first kappa shape index (κ1) is 15.5. The van der Waals surface area contributed by atoms with E-state index in [1.165, 1.54) is 19.3 Å². The molecule has 4 fully saturated rings. The van der Waals surface area contributed by atoms with Crippen LogP contribution in [0.1, 0.15) is 45.4 Å². The summed E-state index contributed by atoms with van der Waals surface area (Å²) >= 11 is 0. The molecule has 0 unspecified atom stereocenters. The van der Waals surface area contributed by atoms with E-state index in [1.54, 1.807) is 25.4 Å². The van der Waals surface area contributed by atoms with Gasteiger partial charge in [0.1, 0.15) is 0 Å². The molecule has 0 spiro atoms. The summed E-state index contributed by atoms with van der Waals surface area (Å²) in [4.78, 5) is 32.9. The van der Waals surface area contributed by atoms with Gasteiger partial charge in [-0.2, -0.15) is 0 Å². The van der Waals surface area contributed by atoms with E-state index in [1.807, 2.05) is 0 Å². The summed E-state index contributed by atoms with van der Waals surface area (Å²) in [6.07, 6.45) is 8.89. The molecule has 1 aromatic rings. The van der Waals surface area contributed by atoms with Crippen LogP contribution in [-0.2, 0) is 14.3 Å². The number of rotatable bonds is 4. The Labute approximate surface area is 141 Å². The smallest absolute Gasteiger partial charge is 0.312 e. The maximum absolute atomic E-state index is 12.8. The Balaban J connectivity index is 1.39. The van der Waals surface area contributed by atoms with E-state index in [0.717, 1.165) is 19.3 Å². The number of hydrogen-bond donors (Lipinski definition) is 1. The van der Waals surface area contributed by atoms with Crippen molar-refractivity contribution in [3.05, 3.63) is 18.5 Å². The van der Waals surface area contributed by atoms with Crippen LogP contribution in [0, 0.1) is 23.2 Å². The topological polar surface area (TPSA) is 81.2 Å². The van der Waals surface area contributed by atoms with Gasteiger partial charge in [-0.25, -0.2) is 9.97 Å². The second kappa shape index (κ2) is 5.83. The zero-order valence-corrected chi connectivity index (χ0v) is 13.9. The standard InChI is InChI=1S/C18H23N3O3/c1-11(15(22)21-17-19-3-2-4-20-17)24-16(23)18-8-12-5-13(9-18)7-14(6-12)10-18/h2-4,11-14H,5-10H2,1H3,(H,19,20,21,22)/t11-,12?,13?,14?,18?/m1/s1. The van der Waals surface area contributed by atoms with Crippen LogP contribution < -0.4 is 5.32 Å². The Morgan fingerprint density at radius 2 is 1.67 bits per heavy atom. The molecular formula is C18H23N3O3. The van der Waals surface area contributed by atoms with Gasteiger partial charge in [0.2, 0.25) is 5.95 Å². The highest BCUT2D eigenvalue weighted by Gasteiger charge is 2.55. The van der Waals surface area contributed by atoms with Crippen molar-refractivity contribution in [2.75, 3.05) is 5.32 Å². The van der Waals surface area contributed by atoms with Gasteiger partial charge in [0, 0.05) is 12.4 Å². The molecule has 6 nitrogen and oxygen atoms in total. The van der Waals surface area contributed by atoms with Crippen molar-refractivity contribution in [2.24, 2.45) is 23.2 Å². The first-order valence-corrected chi connectivity index (χ1v) is 8.83. The lowest BCUT2D eigenvalue weighted by molar-refractivity contribution is -0.177. The number of nitrogens with one attached hydrogen (secondary N) is 1. The maximum Gasteiger partial charge on any atom is 0.312 e. The van der Waals surface area contributed by atoms with Crippen molar-refractivity contribution in [1.82, 2.24) is 9.97 Å². The van der Waals surface area contributed by atoms with E-state index in [2.05, 4.69) is 15.3 Å². The minimum absolute atomic E-state index is 0.182. The second-order valence-electron chi connectivity index (χ2n) is 7.81. The van der Waals surface area contributed by atoms with Crippen molar-refractivity contribution in [2.45, 2.75) is 51.6 Å². The highest BCUT2D eigenvalue weighted by Crippen LogP contribution is 2.60. The number of esters is 1. The average molecular weight is 329 g/mol. The quantitative estimate of drug-likeness (QED) is 0.859. The number of ether oxygens (including phenoxy) is 1. The Kier molecular flexibility index (Phi) is 3.77. The SMILES string of the molecule is C[C@@H](OC(=O)C12CC3CC(CC(C3)C1)C2)C(=O)Nc1ncccn1. The van der Waals surface area contributed by atoms with Crippen molar-refractivity contribution >= 4 is 17.8 Å². The Morgan fingerprint density at radius 1 is 1.12 bits per heavy atom. The number of carbonyl (C=O) groups excluding carboxylic acids is 2. The molecule has 1 atom stereocenters. The highest BCUT2D eigenvalue weighted by atomic mass is 16.5. The van der Waals surface area contributed by atoms with E-state index in [0.29, 0.717) is 17.8 Å². The number of nitrogens with zero attached hydrogens (tertiary/aromatic N) is 2. The van der Waals surface area contributed by atoms with Crippen LogP contribution >= 0.6 is 0 Å². The molecule has 4 saturated carbocycles. The first-order valence-electron chi connectivity index (χ1n) is 8.83. The lowest BCUT2D eigenvalue weighted by Gasteiger charge is -2.55. The fourth-order valence-electron chi connectivity index (χ4n) is 5.28. The van der Waals surface area contributed by atoms with Crippen molar-refractivity contribution in [3.8, 4) is 0 Å². The summed E-state index contributed by atoms with van der Waals surface area (Å²) in [6, 6.07) is 1.67. The van der Waals surface area contributed by atoms with Gasteiger partial charge in [-0.1, -0.05) is 0 Å². The summed E-state index contributed by atoms with van der Waals surface area (Å²) in [5, 5.41) is 2.58. The van der Waals surface area contributed by atoms with E-state index < -0.39 is 6.10 Å². The Hall–Kier alpha value is -1.98. The molecule has 4 bridgehead atoms. The summed E-state index contributed by atoms with van der Waals surface area (Å²) in [6.45, 7) is 1.61. The van der Waals surface area contributed by atoms with Gasteiger partial charge in [-0.05, 0) is 69.3 Å². The molecular weight excluding hydrogens is 306 g/mol. The molecule has 4 aliphatic carbocycles. The van der Waals surface area contributed by atoms with E-state index in [9.17, 15) is 9.59 Å². The van der Waals surface area contributed by atoms with E-state index in [4.69, 9.17) is 4.74 Å². The molecule has 0 aliphatic heterocycles. The molecule has 1 N–H and O–H groups in total. The minimum atomic E-state index is -0.839. The van der Waals surface area contributed by atoms with Gasteiger partial charge in [-0.3, -0.25) is 14.9 Å². The zero-order chi connectivity index (χ0) is 16.7. The number of carbonyl (C=O) groups is 2. The van der Waals surface area contributed by atoms with E-state index >= 15 is 0 Å². The lowest BCUT2D eigenvalue weighted by Crippen LogP contribution is -2.51. The van der Waals surface area contributed by atoms with Crippen LogP contribution in [0.5, 0.6) is 0 Å². The Bertz CT molecular complexity index is 611. The number of hydrogen-bond acceptors (Lipinski definition) is 5. The lowest BCUT2D eigenvalue weighted by atomic mass is 9.49. The van der Waals surface area contributed by atoms with Crippen LogP contribution in [0.25, 0.3) is 0 Å². The van der Waals surface area contributed by atoms with Gasteiger partial charge in [0.25, 0.3) is 5.91 Å². The predicted molar refractivity (Wildman–Crippen MR) is 86.8 cm³/mol. The molecule has 0 radical (unpaired) electrons. The summed E-state index contributed by atoms with van der Waals surface area (Å²) in [5.41, 5.74) is -0.341. The molecule has 5 rings (SSSR count). The maximum atomic E-state index is 12.8. The second-order valence-corrected chi connectivity index (χ2v) is 7.81. The van der Waals surface area contributed by atoms with Crippen LogP contribution in [0.3, 0.4) is 0 Å². The monoisotopic (exact) mass is 329 g/mol. The van der Waals surface area contributed by atoms with Crippen molar-refractivity contribution in [1.29, 1.82) is 0 Å². The number of anilines is 1. The summed E-state index contributed by atoms with van der Waals surface area (Å²) < 4.78 is 5.56. The third kappa shape index (κ3) is 2.78. The fraction of sp³-hybridized carbons (Fsp3) is 0.667.